The van der Waals surface area contributed by atoms with Crippen LogP contribution in [0, 0.1) is 0 Å². The van der Waals surface area contributed by atoms with Crippen molar-refractivity contribution in [2.24, 2.45) is 0 Å². The van der Waals surface area contributed by atoms with E-state index in [1.54, 1.807) is 0 Å². The lowest BCUT2D eigenvalue weighted by molar-refractivity contribution is -0.117. The van der Waals surface area contributed by atoms with Gasteiger partial charge in [0, 0.05) is 12.5 Å². The van der Waals surface area contributed by atoms with Crippen LogP contribution in [0.1, 0.15) is 25.7 Å². The number of ketones is 1. The van der Waals surface area contributed by atoms with Crippen LogP contribution < -0.4 is 5.32 Å². The largest absolute Gasteiger partial charge is 0.314 e. The highest BCUT2D eigenvalue weighted by Gasteiger charge is 2.14. The third-order valence-electron chi connectivity index (χ3n) is 2.04. The van der Waals surface area contributed by atoms with Gasteiger partial charge < -0.3 is 5.32 Å². The molecule has 0 amide bonds. The lowest BCUT2D eigenvalue weighted by Crippen LogP contribution is -2.35. The Hall–Kier alpha value is 0.110. The van der Waals surface area contributed by atoms with E-state index in [1.807, 2.05) is 0 Å². The zero-order chi connectivity index (χ0) is 8.10. The number of rotatable bonds is 3. The predicted octanol–water partition coefficient (Wildman–Crippen LogP) is 1.48. The normalized spacial score (nSPS) is 25.0. The van der Waals surface area contributed by atoms with Crippen molar-refractivity contribution in [3.63, 3.8) is 0 Å². The Morgan fingerprint density at radius 3 is 2.91 bits per heavy atom. The first-order valence-corrected chi connectivity index (χ1v) is 5.26. The van der Waals surface area contributed by atoms with Crippen molar-refractivity contribution < 1.29 is 4.79 Å². The fourth-order valence-electron chi connectivity index (χ4n) is 1.43. The lowest BCUT2D eigenvalue weighted by atomic mass is 10.0. The average molecular weight is 220 g/mol. The van der Waals surface area contributed by atoms with Crippen molar-refractivity contribution >= 4 is 21.7 Å². The Bertz CT molecular complexity index is 132. The topological polar surface area (TPSA) is 29.1 Å². The minimum atomic E-state index is 0.310. The van der Waals surface area contributed by atoms with Crippen molar-refractivity contribution in [3.05, 3.63) is 0 Å². The number of hydrogen-bond acceptors (Lipinski definition) is 2. The van der Waals surface area contributed by atoms with E-state index in [9.17, 15) is 4.79 Å². The second-order valence-electron chi connectivity index (χ2n) is 3.02. The molecular formula is C8H14BrNO. The molecule has 0 bridgehead atoms. The van der Waals surface area contributed by atoms with Crippen LogP contribution in [0.15, 0.2) is 0 Å². The average Bonchev–Trinajstić information content (AvgIpc) is 2.06. The molecule has 0 aromatic heterocycles. The number of carbonyl (C=O) groups excluding carboxylic acids is 1. The van der Waals surface area contributed by atoms with Gasteiger partial charge in [-0.25, -0.2) is 0 Å². The first-order chi connectivity index (χ1) is 5.33. The van der Waals surface area contributed by atoms with Gasteiger partial charge in [-0.05, 0) is 19.4 Å². The third-order valence-corrected chi connectivity index (χ3v) is 2.66. The van der Waals surface area contributed by atoms with E-state index < -0.39 is 0 Å². The van der Waals surface area contributed by atoms with Gasteiger partial charge in [-0.2, -0.15) is 0 Å². The van der Waals surface area contributed by atoms with Crippen molar-refractivity contribution in [1.82, 2.24) is 5.32 Å². The maximum Gasteiger partial charge on any atom is 0.144 e. The van der Waals surface area contributed by atoms with E-state index in [2.05, 4.69) is 21.2 Å². The number of Topliss-reactive ketones (excluding diaryl/α,β-unsaturated/α-hetero) is 1. The monoisotopic (exact) mass is 219 g/mol. The van der Waals surface area contributed by atoms with Crippen LogP contribution in [-0.4, -0.2) is 23.7 Å². The highest BCUT2D eigenvalue weighted by atomic mass is 79.9. The maximum absolute atomic E-state index is 11.0. The fourth-order valence-corrected chi connectivity index (χ4v) is 1.66. The number of nitrogens with one attached hydrogen (secondary N) is 1. The highest BCUT2D eigenvalue weighted by Crippen LogP contribution is 2.10. The summed E-state index contributed by atoms with van der Waals surface area (Å²) in [6.07, 6.45) is 4.40. The van der Waals surface area contributed by atoms with Gasteiger partial charge in [0.1, 0.15) is 5.78 Å². The van der Waals surface area contributed by atoms with Crippen LogP contribution in [0.4, 0.5) is 0 Å². The lowest BCUT2D eigenvalue weighted by Gasteiger charge is -2.22. The summed E-state index contributed by atoms with van der Waals surface area (Å²) in [4.78, 5) is 11.0. The molecule has 64 valence electrons. The van der Waals surface area contributed by atoms with Gasteiger partial charge in [0.15, 0.2) is 0 Å². The SMILES string of the molecule is O=C(CBr)CC1CCCCN1. The molecular weight excluding hydrogens is 206 g/mol. The maximum atomic E-state index is 11.0. The molecule has 1 aliphatic rings. The van der Waals surface area contributed by atoms with Crippen LogP contribution in [0.3, 0.4) is 0 Å². The first-order valence-electron chi connectivity index (χ1n) is 4.14. The molecule has 11 heavy (non-hydrogen) atoms. The Kier molecular flexibility index (Phi) is 4.08. The summed E-state index contributed by atoms with van der Waals surface area (Å²) in [5.41, 5.74) is 0. The highest BCUT2D eigenvalue weighted by molar-refractivity contribution is 9.09. The van der Waals surface area contributed by atoms with Crippen LogP contribution in [-0.2, 0) is 4.79 Å². The Balaban J connectivity index is 2.19. The molecule has 1 N–H and O–H groups in total. The first kappa shape index (κ1) is 9.20. The van der Waals surface area contributed by atoms with E-state index in [4.69, 9.17) is 0 Å². The van der Waals surface area contributed by atoms with Crippen molar-refractivity contribution in [2.45, 2.75) is 31.7 Å². The second-order valence-corrected chi connectivity index (χ2v) is 3.58. The molecule has 0 aromatic rings. The number of alkyl halides is 1. The Morgan fingerprint density at radius 2 is 2.36 bits per heavy atom. The number of piperidine rings is 1. The fraction of sp³-hybridized carbons (Fsp3) is 0.875. The summed E-state index contributed by atoms with van der Waals surface area (Å²) in [6, 6.07) is 0.453. The molecule has 1 heterocycles. The van der Waals surface area contributed by atoms with Gasteiger partial charge in [0.25, 0.3) is 0 Å². The molecule has 1 saturated heterocycles. The van der Waals surface area contributed by atoms with Crippen molar-refractivity contribution in [2.75, 3.05) is 11.9 Å². The minimum absolute atomic E-state index is 0.310. The predicted molar refractivity (Wildman–Crippen MR) is 49.1 cm³/mol. The molecule has 1 aliphatic heterocycles. The van der Waals surface area contributed by atoms with E-state index in [1.165, 1.54) is 19.3 Å². The van der Waals surface area contributed by atoms with Gasteiger partial charge in [0.2, 0.25) is 0 Å². The van der Waals surface area contributed by atoms with Crippen LogP contribution in [0.25, 0.3) is 0 Å². The Labute approximate surface area is 75.9 Å². The zero-order valence-corrected chi connectivity index (χ0v) is 8.19. The smallest absolute Gasteiger partial charge is 0.144 e. The summed E-state index contributed by atoms with van der Waals surface area (Å²) >= 11 is 3.16. The quantitative estimate of drug-likeness (QED) is 0.730. The molecule has 1 fully saturated rings. The third kappa shape index (κ3) is 3.34. The molecule has 0 spiro atoms. The summed E-state index contributed by atoms with van der Waals surface area (Å²) in [5, 5.41) is 3.85. The molecule has 0 saturated carbocycles. The molecule has 1 rings (SSSR count). The van der Waals surface area contributed by atoms with Gasteiger partial charge in [-0.3, -0.25) is 4.79 Å². The Morgan fingerprint density at radius 1 is 1.55 bits per heavy atom. The minimum Gasteiger partial charge on any atom is -0.314 e. The molecule has 0 radical (unpaired) electrons. The number of carbonyl (C=O) groups is 1. The van der Waals surface area contributed by atoms with Crippen molar-refractivity contribution in [1.29, 1.82) is 0 Å². The van der Waals surface area contributed by atoms with E-state index in [0.717, 1.165) is 6.54 Å². The van der Waals surface area contributed by atoms with E-state index in [-0.39, 0.29) is 0 Å². The van der Waals surface area contributed by atoms with Crippen molar-refractivity contribution in [3.8, 4) is 0 Å². The molecule has 3 heteroatoms. The summed E-state index contributed by atoms with van der Waals surface area (Å²) < 4.78 is 0. The number of hydrogen-bond donors (Lipinski definition) is 1. The van der Waals surface area contributed by atoms with Gasteiger partial charge in [0.05, 0.1) is 5.33 Å². The summed E-state index contributed by atoms with van der Waals surface area (Å²) in [5.74, 6) is 0.310. The summed E-state index contributed by atoms with van der Waals surface area (Å²) in [6.45, 7) is 1.08. The van der Waals surface area contributed by atoms with E-state index >= 15 is 0 Å². The van der Waals surface area contributed by atoms with Crippen LogP contribution in [0.5, 0.6) is 0 Å². The molecule has 1 unspecified atom stereocenters. The molecule has 0 aliphatic carbocycles. The number of halogens is 1. The molecule has 2 nitrogen and oxygen atoms in total. The standard InChI is InChI=1S/C8H14BrNO/c9-6-8(11)5-7-3-1-2-4-10-7/h7,10H,1-6H2. The second kappa shape index (κ2) is 4.88. The molecule has 1 atom stereocenters. The molecule has 0 aromatic carbocycles. The van der Waals surface area contributed by atoms with Gasteiger partial charge in [-0.15, -0.1) is 0 Å². The summed E-state index contributed by atoms with van der Waals surface area (Å²) in [7, 11) is 0. The zero-order valence-electron chi connectivity index (χ0n) is 6.61. The van der Waals surface area contributed by atoms with Gasteiger partial charge >= 0.3 is 0 Å². The van der Waals surface area contributed by atoms with E-state index in [0.29, 0.717) is 23.6 Å². The van der Waals surface area contributed by atoms with Crippen LogP contribution in [0.2, 0.25) is 0 Å². The van der Waals surface area contributed by atoms with Crippen LogP contribution >= 0.6 is 15.9 Å². The van der Waals surface area contributed by atoms with Gasteiger partial charge in [-0.1, -0.05) is 22.4 Å².